The summed E-state index contributed by atoms with van der Waals surface area (Å²) in [5.41, 5.74) is 0. The first kappa shape index (κ1) is 64.7. The average Bonchev–Trinajstić information content (AvgIpc) is 3.32. The number of aliphatic hydroxyl groups is 2. The number of phosphoric acid groups is 1. The third-order valence-corrected chi connectivity index (χ3v) is 12.6. The highest BCUT2D eigenvalue weighted by atomic mass is 31.2. The van der Waals surface area contributed by atoms with E-state index in [0.29, 0.717) is 19.3 Å². The Balaban J connectivity index is 4.26. The van der Waals surface area contributed by atoms with Crippen LogP contribution in [-0.4, -0.2) is 65.7 Å². The summed E-state index contributed by atoms with van der Waals surface area (Å²) in [6.45, 7) is 2.33. The van der Waals surface area contributed by atoms with Crippen LogP contribution in [0.1, 0.15) is 245 Å². The fraction of sp³-hybridized carbons (Fsp3) is 0.786. The minimum absolute atomic E-state index is 0.124. The maximum absolute atomic E-state index is 12.7. The summed E-state index contributed by atoms with van der Waals surface area (Å²) in [4.78, 5) is 35.2. The normalized spacial score (nSPS) is 14.0. The van der Waals surface area contributed by atoms with Gasteiger partial charge in [0, 0.05) is 12.8 Å². The molecule has 0 fully saturated rings. The molecule has 0 radical (unpaired) electrons. The van der Waals surface area contributed by atoms with Crippen LogP contribution >= 0.6 is 7.82 Å². The lowest BCUT2D eigenvalue weighted by Crippen LogP contribution is -2.29. The van der Waals surface area contributed by atoms with Gasteiger partial charge in [-0.15, -0.1) is 0 Å². The highest BCUT2D eigenvalue weighted by molar-refractivity contribution is 7.47. The van der Waals surface area contributed by atoms with Crippen molar-refractivity contribution in [1.29, 1.82) is 0 Å². The molecule has 10 nitrogen and oxygen atoms in total. The van der Waals surface area contributed by atoms with Crippen LogP contribution in [-0.2, 0) is 32.7 Å². The van der Waals surface area contributed by atoms with Crippen LogP contribution < -0.4 is 0 Å². The number of carbonyl (C=O) groups excluding carboxylic acids is 2. The van der Waals surface area contributed by atoms with E-state index in [4.69, 9.17) is 23.6 Å². The number of carbonyl (C=O) groups is 2. The molecular formula is C56H101O10P. The first-order valence-corrected chi connectivity index (χ1v) is 28.7. The number of rotatable bonds is 51. The predicted molar refractivity (Wildman–Crippen MR) is 279 cm³/mol. The third-order valence-electron chi connectivity index (χ3n) is 11.6. The van der Waals surface area contributed by atoms with E-state index in [1.54, 1.807) is 0 Å². The topological polar surface area (TPSA) is 149 Å². The van der Waals surface area contributed by atoms with Gasteiger partial charge in [0.15, 0.2) is 6.10 Å². The smallest absolute Gasteiger partial charge is 0.462 e. The van der Waals surface area contributed by atoms with Gasteiger partial charge in [0.05, 0.1) is 19.8 Å². The first-order chi connectivity index (χ1) is 32.7. The second-order valence-electron chi connectivity index (χ2n) is 18.2. The fourth-order valence-corrected chi connectivity index (χ4v) is 8.25. The summed E-state index contributed by atoms with van der Waals surface area (Å²) < 4.78 is 32.8. The molecule has 0 rings (SSSR count). The van der Waals surface area contributed by atoms with Gasteiger partial charge < -0.3 is 24.6 Å². The Hall–Kier alpha value is -2.33. The van der Waals surface area contributed by atoms with Crippen molar-refractivity contribution in [3.63, 3.8) is 0 Å². The summed E-state index contributed by atoms with van der Waals surface area (Å²) in [7, 11) is -4.65. The molecule has 0 saturated carbocycles. The molecule has 0 aromatic rings. The number of hydrogen-bond acceptors (Lipinski definition) is 9. The lowest BCUT2D eigenvalue weighted by molar-refractivity contribution is -0.161. The number of ether oxygens (including phenoxy) is 2. The van der Waals surface area contributed by atoms with Gasteiger partial charge in [0.1, 0.15) is 12.7 Å². The Morgan fingerprint density at radius 2 is 0.776 bits per heavy atom. The molecule has 390 valence electrons. The largest absolute Gasteiger partial charge is 0.472 e. The monoisotopic (exact) mass is 965 g/mol. The Bertz CT molecular complexity index is 1290. The van der Waals surface area contributed by atoms with Crippen LogP contribution in [0.3, 0.4) is 0 Å². The van der Waals surface area contributed by atoms with E-state index in [9.17, 15) is 24.2 Å². The quantitative estimate of drug-likeness (QED) is 0.0233. The highest BCUT2D eigenvalue weighted by Crippen LogP contribution is 2.43. The predicted octanol–water partition coefficient (Wildman–Crippen LogP) is 15.8. The summed E-state index contributed by atoms with van der Waals surface area (Å²) >= 11 is 0. The van der Waals surface area contributed by atoms with Crippen LogP contribution in [0.2, 0.25) is 0 Å². The standard InChI is InChI=1S/C56H101O10P/c1-3-5-7-9-11-13-15-17-19-21-23-25-26-28-30-32-34-36-38-40-42-44-46-48-56(60)66-54(52-65-67(61,62)64-50-53(58)49-57)51-63-55(59)47-45-43-41-39-37-35-33-31-29-27-24-22-20-18-16-14-12-10-8-6-4-2/h20,22,27,29,33,35,39-42,53-54,57-58H,3-19,21,23-26,28,30-32,34,36-38,43-52H2,1-2H3,(H,61,62)/b22-20+,29-27+,35-33+,41-39+,42-40+/t53-,54+/m0/s1. The zero-order chi connectivity index (χ0) is 49.0. The van der Waals surface area contributed by atoms with Gasteiger partial charge in [-0.1, -0.05) is 222 Å². The van der Waals surface area contributed by atoms with Crippen molar-refractivity contribution in [2.75, 3.05) is 26.4 Å². The van der Waals surface area contributed by atoms with Crippen LogP contribution in [0.5, 0.6) is 0 Å². The van der Waals surface area contributed by atoms with Crippen LogP contribution in [0.25, 0.3) is 0 Å². The number of allylic oxidation sites excluding steroid dienone is 10. The lowest BCUT2D eigenvalue weighted by atomic mass is 10.0. The maximum atomic E-state index is 12.7. The molecule has 0 aliphatic heterocycles. The first-order valence-electron chi connectivity index (χ1n) is 27.2. The number of hydrogen-bond donors (Lipinski definition) is 3. The van der Waals surface area contributed by atoms with Crippen molar-refractivity contribution in [3.05, 3.63) is 60.8 Å². The molecule has 1 unspecified atom stereocenters. The van der Waals surface area contributed by atoms with Crippen molar-refractivity contribution < 1.29 is 47.8 Å². The second-order valence-corrected chi connectivity index (χ2v) is 19.7. The summed E-state index contributed by atoms with van der Waals surface area (Å²) in [6, 6.07) is 0. The zero-order valence-electron chi connectivity index (χ0n) is 42.9. The van der Waals surface area contributed by atoms with Crippen molar-refractivity contribution in [2.24, 2.45) is 0 Å². The van der Waals surface area contributed by atoms with Gasteiger partial charge in [-0.3, -0.25) is 18.6 Å². The summed E-state index contributed by atoms with van der Waals surface area (Å²) in [6.07, 6.45) is 60.8. The van der Waals surface area contributed by atoms with E-state index in [2.05, 4.69) is 68.5 Å². The molecule has 0 aromatic heterocycles. The number of esters is 2. The highest BCUT2D eigenvalue weighted by Gasteiger charge is 2.27. The second kappa shape index (κ2) is 51.5. The van der Waals surface area contributed by atoms with Crippen LogP contribution in [0.15, 0.2) is 60.8 Å². The van der Waals surface area contributed by atoms with Crippen molar-refractivity contribution in [1.82, 2.24) is 0 Å². The average molecular weight is 965 g/mol. The molecule has 0 bridgehead atoms. The molecule has 67 heavy (non-hydrogen) atoms. The molecule has 0 aliphatic rings. The van der Waals surface area contributed by atoms with Crippen LogP contribution in [0.4, 0.5) is 0 Å². The molecule has 3 N–H and O–H groups in total. The SMILES string of the molecule is CCCCCCCCC/C=C/C/C=C/C/C=C/C/C=C/CCCC(=O)OC[C@H](COP(=O)(O)OC[C@@H](O)CO)OC(=O)CCC/C=C/CCCCCCCCCCCCCCCCCCCC. The van der Waals surface area contributed by atoms with Gasteiger partial charge in [0.2, 0.25) is 0 Å². The van der Waals surface area contributed by atoms with Crippen LogP contribution in [0, 0.1) is 0 Å². The molecule has 0 heterocycles. The fourth-order valence-electron chi connectivity index (χ4n) is 7.46. The zero-order valence-corrected chi connectivity index (χ0v) is 43.8. The van der Waals surface area contributed by atoms with E-state index >= 15 is 0 Å². The molecule has 0 spiro atoms. The Morgan fingerprint density at radius 3 is 1.18 bits per heavy atom. The van der Waals surface area contributed by atoms with Gasteiger partial charge in [-0.05, 0) is 70.6 Å². The molecular weight excluding hydrogens is 864 g/mol. The number of unbranched alkanes of at least 4 members (excludes halogenated alkanes) is 27. The Labute approximate surface area is 410 Å². The minimum atomic E-state index is -4.65. The molecule has 11 heteroatoms. The van der Waals surface area contributed by atoms with Gasteiger partial charge in [-0.2, -0.15) is 0 Å². The van der Waals surface area contributed by atoms with Gasteiger partial charge >= 0.3 is 19.8 Å². The van der Waals surface area contributed by atoms with E-state index in [1.807, 2.05) is 6.08 Å². The summed E-state index contributed by atoms with van der Waals surface area (Å²) in [5.74, 6) is -1.02. The minimum Gasteiger partial charge on any atom is -0.462 e. The van der Waals surface area contributed by atoms with Crippen molar-refractivity contribution in [3.8, 4) is 0 Å². The van der Waals surface area contributed by atoms with E-state index < -0.39 is 51.8 Å². The summed E-state index contributed by atoms with van der Waals surface area (Å²) in [5, 5.41) is 18.4. The molecule has 0 aliphatic carbocycles. The molecule has 3 atom stereocenters. The van der Waals surface area contributed by atoms with Gasteiger partial charge in [-0.25, -0.2) is 4.57 Å². The maximum Gasteiger partial charge on any atom is 0.472 e. The van der Waals surface area contributed by atoms with E-state index in [-0.39, 0.29) is 19.4 Å². The lowest BCUT2D eigenvalue weighted by Gasteiger charge is -2.20. The van der Waals surface area contributed by atoms with E-state index in [1.165, 1.54) is 167 Å². The van der Waals surface area contributed by atoms with Crippen molar-refractivity contribution in [2.45, 2.75) is 257 Å². The molecule has 0 saturated heterocycles. The van der Waals surface area contributed by atoms with Gasteiger partial charge in [0.25, 0.3) is 0 Å². The van der Waals surface area contributed by atoms with E-state index in [0.717, 1.165) is 32.1 Å². The number of phosphoric ester groups is 1. The Kier molecular flexibility index (Phi) is 49.7. The number of aliphatic hydroxyl groups excluding tert-OH is 2. The van der Waals surface area contributed by atoms with Crippen molar-refractivity contribution >= 4 is 19.8 Å². The Morgan fingerprint density at radius 1 is 0.448 bits per heavy atom. The third kappa shape index (κ3) is 51.4. The molecule has 0 amide bonds. The molecule has 0 aromatic carbocycles.